The number of methoxy groups -OCH3 is 1. The summed E-state index contributed by atoms with van der Waals surface area (Å²) in [6.07, 6.45) is 9.82. The van der Waals surface area contributed by atoms with Crippen LogP contribution >= 0.6 is 11.3 Å². The number of carbonyl (C=O) groups excluding carboxylic acids is 1. The molecular weight excluding hydrogens is 681 g/mol. The Hall–Kier alpha value is -4.37. The van der Waals surface area contributed by atoms with Gasteiger partial charge in [-0.25, -0.2) is 0 Å². The van der Waals surface area contributed by atoms with Gasteiger partial charge in [-0.1, -0.05) is 36.8 Å². The second-order valence-corrected chi connectivity index (χ2v) is 15.7. The molecule has 7 nitrogen and oxygen atoms in total. The van der Waals surface area contributed by atoms with Gasteiger partial charge < -0.3 is 18.9 Å². The van der Waals surface area contributed by atoms with Crippen molar-refractivity contribution in [2.24, 2.45) is 0 Å². The van der Waals surface area contributed by atoms with Gasteiger partial charge >= 0.3 is 0 Å². The topological polar surface area (TPSA) is 60.5 Å². The number of likely N-dealkylation sites (tertiary alicyclic amines) is 2. The summed E-state index contributed by atoms with van der Waals surface area (Å²) in [5.74, 6) is 2.86. The summed E-state index contributed by atoms with van der Waals surface area (Å²) >= 11 is 1.62. The second-order valence-electron chi connectivity index (χ2n) is 14.6. The first-order chi connectivity index (χ1) is 26.1. The lowest BCUT2D eigenvalue weighted by Crippen LogP contribution is -2.46. The molecular formula is C45H50N2O5S. The molecule has 276 valence electrons. The fourth-order valence-electron chi connectivity index (χ4n) is 8.26. The number of ketones is 1. The maximum atomic E-state index is 14.7. The van der Waals surface area contributed by atoms with E-state index < -0.39 is 0 Å². The summed E-state index contributed by atoms with van der Waals surface area (Å²) in [6.45, 7) is 6.71. The van der Waals surface area contributed by atoms with Crippen molar-refractivity contribution in [1.82, 2.24) is 9.80 Å². The van der Waals surface area contributed by atoms with Gasteiger partial charge in [0.15, 0.2) is 17.3 Å². The molecule has 0 bridgehead atoms. The minimum absolute atomic E-state index is 0.0485. The van der Waals surface area contributed by atoms with Crippen LogP contribution in [0.3, 0.4) is 0 Å². The van der Waals surface area contributed by atoms with Crippen LogP contribution in [0.2, 0.25) is 0 Å². The van der Waals surface area contributed by atoms with E-state index in [0.29, 0.717) is 41.9 Å². The molecule has 1 aromatic heterocycles. The van der Waals surface area contributed by atoms with Gasteiger partial charge in [-0.2, -0.15) is 0 Å². The fraction of sp³-hybridized carbons (Fsp3) is 0.400. The van der Waals surface area contributed by atoms with Crippen molar-refractivity contribution in [2.45, 2.75) is 70.1 Å². The maximum absolute atomic E-state index is 14.7. The monoisotopic (exact) mass is 730 g/mol. The Morgan fingerprint density at radius 1 is 0.755 bits per heavy atom. The van der Waals surface area contributed by atoms with Crippen LogP contribution < -0.4 is 18.9 Å². The van der Waals surface area contributed by atoms with Crippen molar-refractivity contribution in [3.63, 3.8) is 0 Å². The molecule has 2 atom stereocenters. The number of benzene rings is 4. The number of hydrogen-bond donors (Lipinski definition) is 0. The molecule has 3 fully saturated rings. The number of ether oxygens (including phenoxy) is 4. The van der Waals surface area contributed by atoms with E-state index in [9.17, 15) is 4.79 Å². The Labute approximate surface area is 317 Å². The first-order valence-electron chi connectivity index (χ1n) is 19.5. The zero-order chi connectivity index (χ0) is 36.0. The lowest BCUT2D eigenvalue weighted by Gasteiger charge is -2.38. The third-order valence-electron chi connectivity index (χ3n) is 11.1. The SMILES string of the molecule is COc1cc(C(=O)c2c(-c3ccc(OCCN4CCCC4)cc3)sc3cc(OCc4ccccc4)ccc23)ccc1O[C@@H]1CCCC[C@H]1N1CCCC1. The van der Waals surface area contributed by atoms with Crippen LogP contribution in [-0.2, 0) is 6.61 Å². The van der Waals surface area contributed by atoms with Crippen molar-refractivity contribution in [2.75, 3.05) is 46.4 Å². The van der Waals surface area contributed by atoms with Crippen LogP contribution in [-0.4, -0.2) is 74.2 Å². The molecule has 8 rings (SSSR count). The summed E-state index contributed by atoms with van der Waals surface area (Å²) in [7, 11) is 1.66. The molecule has 0 spiro atoms. The fourth-order valence-corrected chi connectivity index (χ4v) is 9.49. The van der Waals surface area contributed by atoms with E-state index in [1.807, 2.05) is 60.7 Å². The van der Waals surface area contributed by atoms with Gasteiger partial charge in [0.1, 0.15) is 30.8 Å². The number of carbonyl (C=O) groups is 1. The summed E-state index contributed by atoms with van der Waals surface area (Å²) in [6, 6.07) is 30.5. The Balaban J connectivity index is 1.07. The average molecular weight is 731 g/mol. The molecule has 2 aliphatic heterocycles. The predicted octanol–water partition coefficient (Wildman–Crippen LogP) is 9.65. The highest BCUT2D eigenvalue weighted by molar-refractivity contribution is 7.22. The highest BCUT2D eigenvalue weighted by atomic mass is 32.1. The number of hydrogen-bond acceptors (Lipinski definition) is 8. The summed E-state index contributed by atoms with van der Waals surface area (Å²) in [5.41, 5.74) is 3.33. The van der Waals surface area contributed by atoms with Gasteiger partial charge in [0.2, 0.25) is 0 Å². The molecule has 5 aromatic rings. The molecule has 3 heterocycles. The van der Waals surface area contributed by atoms with Crippen LogP contribution in [0.4, 0.5) is 0 Å². The van der Waals surface area contributed by atoms with Crippen LogP contribution in [0.1, 0.15) is 72.9 Å². The van der Waals surface area contributed by atoms with Crippen molar-refractivity contribution < 1.29 is 23.7 Å². The highest BCUT2D eigenvalue weighted by Gasteiger charge is 2.34. The Morgan fingerprint density at radius 2 is 1.51 bits per heavy atom. The van der Waals surface area contributed by atoms with E-state index in [0.717, 1.165) is 76.7 Å². The molecule has 0 radical (unpaired) electrons. The quantitative estimate of drug-likeness (QED) is 0.106. The van der Waals surface area contributed by atoms with Crippen molar-refractivity contribution in [3.8, 4) is 33.4 Å². The minimum atomic E-state index is -0.0485. The first-order valence-corrected chi connectivity index (χ1v) is 20.3. The van der Waals surface area contributed by atoms with Crippen LogP contribution in [0, 0.1) is 0 Å². The van der Waals surface area contributed by atoms with Gasteiger partial charge in [-0.15, -0.1) is 11.3 Å². The molecule has 1 aliphatic carbocycles. The minimum Gasteiger partial charge on any atom is -0.493 e. The summed E-state index contributed by atoms with van der Waals surface area (Å²) in [5, 5.41) is 0.906. The van der Waals surface area contributed by atoms with Crippen molar-refractivity contribution >= 4 is 27.2 Å². The third-order valence-corrected chi connectivity index (χ3v) is 12.3. The smallest absolute Gasteiger partial charge is 0.195 e. The molecule has 4 aromatic carbocycles. The standard InChI is InChI=1S/C45H50N2O5S/c1-49-41-29-34(17-22-40(41)52-39-14-6-5-13-38(39)47-25-9-10-26-47)44(48)43-37-21-20-36(51-31-32-11-3-2-4-12-32)30-42(37)53-45(43)33-15-18-35(19-16-33)50-28-27-46-23-7-8-24-46/h2-4,11-12,15-22,29-30,38-39H,5-10,13-14,23-28,31H2,1H3/t38-,39-/m1/s1. The molecule has 8 heteroatoms. The van der Waals surface area contributed by atoms with Crippen LogP contribution in [0.25, 0.3) is 20.5 Å². The van der Waals surface area contributed by atoms with E-state index >= 15 is 0 Å². The van der Waals surface area contributed by atoms with E-state index in [1.54, 1.807) is 18.4 Å². The normalized spacial score (nSPS) is 19.4. The Morgan fingerprint density at radius 3 is 2.30 bits per heavy atom. The van der Waals surface area contributed by atoms with Gasteiger partial charge in [-0.3, -0.25) is 14.6 Å². The molecule has 0 N–H and O–H groups in total. The van der Waals surface area contributed by atoms with E-state index in [-0.39, 0.29) is 11.9 Å². The first kappa shape index (κ1) is 35.6. The summed E-state index contributed by atoms with van der Waals surface area (Å²) in [4.78, 5) is 20.7. The van der Waals surface area contributed by atoms with Crippen LogP contribution in [0.15, 0.2) is 91.0 Å². The molecule has 53 heavy (non-hydrogen) atoms. The average Bonchev–Trinajstić information content (AvgIpc) is 4.00. The summed E-state index contributed by atoms with van der Waals surface area (Å²) < 4.78 is 25.9. The molecule has 2 saturated heterocycles. The van der Waals surface area contributed by atoms with Crippen molar-refractivity contribution in [1.29, 1.82) is 0 Å². The van der Waals surface area contributed by atoms with Crippen molar-refractivity contribution in [3.05, 3.63) is 108 Å². The lowest BCUT2D eigenvalue weighted by atomic mass is 9.91. The number of nitrogens with zero attached hydrogens (tertiary/aromatic N) is 2. The van der Waals surface area contributed by atoms with E-state index in [1.165, 1.54) is 44.9 Å². The number of fused-ring (bicyclic) bond motifs is 1. The maximum Gasteiger partial charge on any atom is 0.195 e. The van der Waals surface area contributed by atoms with Gasteiger partial charge in [0, 0.05) is 38.7 Å². The molecule has 3 aliphatic rings. The van der Waals surface area contributed by atoms with Gasteiger partial charge in [0.05, 0.1) is 7.11 Å². The van der Waals surface area contributed by atoms with Gasteiger partial charge in [-0.05, 0) is 143 Å². The third kappa shape index (κ3) is 8.25. The Kier molecular flexibility index (Phi) is 11.3. The zero-order valence-corrected chi connectivity index (χ0v) is 31.6. The second kappa shape index (κ2) is 16.8. The zero-order valence-electron chi connectivity index (χ0n) is 30.8. The Bertz CT molecular complexity index is 1980. The largest absolute Gasteiger partial charge is 0.493 e. The highest BCUT2D eigenvalue weighted by Crippen LogP contribution is 2.43. The van der Waals surface area contributed by atoms with Gasteiger partial charge in [0.25, 0.3) is 0 Å². The number of thiophene rings is 1. The number of rotatable bonds is 14. The molecule has 0 amide bonds. The predicted molar refractivity (Wildman–Crippen MR) is 213 cm³/mol. The lowest BCUT2D eigenvalue weighted by molar-refractivity contribution is 0.0468. The van der Waals surface area contributed by atoms with E-state index in [4.69, 9.17) is 18.9 Å². The molecule has 1 saturated carbocycles. The van der Waals surface area contributed by atoms with Crippen LogP contribution in [0.5, 0.6) is 23.0 Å². The molecule has 0 unspecified atom stereocenters. The van der Waals surface area contributed by atoms with E-state index in [2.05, 4.69) is 40.1 Å².